The molecule has 1 heterocycles. The van der Waals surface area contributed by atoms with Gasteiger partial charge in [0, 0.05) is 30.8 Å². The van der Waals surface area contributed by atoms with E-state index in [9.17, 15) is 4.79 Å². The monoisotopic (exact) mass is 352 g/mol. The second-order valence-corrected chi connectivity index (χ2v) is 7.30. The molecule has 1 amide bonds. The van der Waals surface area contributed by atoms with Crippen LogP contribution in [-0.2, 0) is 13.1 Å². The van der Waals surface area contributed by atoms with E-state index >= 15 is 0 Å². The van der Waals surface area contributed by atoms with Crippen molar-refractivity contribution >= 4 is 5.91 Å². The van der Waals surface area contributed by atoms with Crippen molar-refractivity contribution in [1.82, 2.24) is 10.2 Å². The van der Waals surface area contributed by atoms with Crippen molar-refractivity contribution in [1.29, 1.82) is 0 Å². The predicted molar refractivity (Wildman–Crippen MR) is 104 cm³/mol. The maximum Gasteiger partial charge on any atom is 0.251 e. The van der Waals surface area contributed by atoms with Gasteiger partial charge in [-0.15, -0.1) is 0 Å². The lowest BCUT2D eigenvalue weighted by molar-refractivity contribution is 0.0950. The van der Waals surface area contributed by atoms with Crippen LogP contribution in [0.2, 0.25) is 0 Å². The molecule has 0 bridgehead atoms. The first-order chi connectivity index (χ1) is 12.6. The van der Waals surface area contributed by atoms with Gasteiger partial charge in [0.05, 0.1) is 0 Å². The molecule has 1 aliphatic rings. The first kappa shape index (κ1) is 18.5. The molecule has 0 aromatic heterocycles. The molecule has 0 atom stereocenters. The summed E-state index contributed by atoms with van der Waals surface area (Å²) in [6.07, 6.45) is 1.17. The quantitative estimate of drug-likeness (QED) is 0.858. The Morgan fingerprint density at radius 1 is 1.19 bits per heavy atom. The molecule has 3 rings (SSSR count). The fourth-order valence-electron chi connectivity index (χ4n) is 3.10. The predicted octanol–water partition coefficient (Wildman–Crippen LogP) is 3.86. The van der Waals surface area contributed by atoms with Crippen LogP contribution in [0.5, 0.6) is 5.75 Å². The Morgan fingerprint density at radius 2 is 2.00 bits per heavy atom. The number of amides is 1. The normalized spacial score (nSPS) is 14.4. The summed E-state index contributed by atoms with van der Waals surface area (Å²) in [7, 11) is 0. The second kappa shape index (κ2) is 8.86. The molecule has 0 unspecified atom stereocenters. The Hall–Kier alpha value is -2.33. The Labute approximate surface area is 156 Å². The Balaban J connectivity index is 1.65. The molecule has 1 N–H and O–H groups in total. The number of benzene rings is 2. The fraction of sp³-hybridized carbons (Fsp3) is 0.409. The molecule has 138 valence electrons. The van der Waals surface area contributed by atoms with Crippen LogP contribution >= 0.6 is 0 Å². The van der Waals surface area contributed by atoms with E-state index in [2.05, 4.69) is 24.1 Å². The van der Waals surface area contributed by atoms with Crippen LogP contribution in [0.1, 0.15) is 41.8 Å². The summed E-state index contributed by atoms with van der Waals surface area (Å²) < 4.78 is 5.88. The topological polar surface area (TPSA) is 41.6 Å². The van der Waals surface area contributed by atoms with E-state index in [-0.39, 0.29) is 5.91 Å². The lowest BCUT2D eigenvalue weighted by atomic mass is 10.1. The van der Waals surface area contributed by atoms with E-state index in [1.54, 1.807) is 0 Å². The molecular weight excluding hydrogens is 324 g/mol. The zero-order valence-electron chi connectivity index (χ0n) is 15.7. The summed E-state index contributed by atoms with van der Waals surface area (Å²) in [5.41, 5.74) is 2.88. The van der Waals surface area contributed by atoms with E-state index in [0.29, 0.717) is 24.6 Å². The first-order valence-electron chi connectivity index (χ1n) is 9.42. The van der Waals surface area contributed by atoms with E-state index in [4.69, 9.17) is 4.74 Å². The van der Waals surface area contributed by atoms with E-state index in [1.807, 2.05) is 48.5 Å². The number of carbonyl (C=O) groups excluding carboxylic acids is 1. The summed E-state index contributed by atoms with van der Waals surface area (Å²) in [5, 5.41) is 3.00. The molecule has 26 heavy (non-hydrogen) atoms. The highest BCUT2D eigenvalue weighted by Crippen LogP contribution is 2.25. The average molecular weight is 352 g/mol. The third-order valence-electron chi connectivity index (χ3n) is 4.70. The van der Waals surface area contributed by atoms with Gasteiger partial charge < -0.3 is 10.1 Å². The molecule has 0 spiro atoms. The smallest absolute Gasteiger partial charge is 0.251 e. The van der Waals surface area contributed by atoms with E-state index in [1.165, 1.54) is 6.42 Å². The van der Waals surface area contributed by atoms with Gasteiger partial charge in [-0.3, -0.25) is 9.69 Å². The molecule has 0 aliphatic carbocycles. The SMILES string of the molecule is CC(C)CCN1CCOc2ccc(C(=O)NCc3ccccc3)cc2C1. The largest absolute Gasteiger partial charge is 0.492 e. The Bertz CT molecular complexity index is 728. The van der Waals surface area contributed by atoms with E-state index in [0.717, 1.165) is 36.5 Å². The zero-order valence-corrected chi connectivity index (χ0v) is 15.7. The molecule has 2 aromatic rings. The number of ether oxygens (including phenoxy) is 1. The van der Waals surface area contributed by atoms with Gasteiger partial charge >= 0.3 is 0 Å². The first-order valence-corrected chi connectivity index (χ1v) is 9.42. The summed E-state index contributed by atoms with van der Waals surface area (Å²) in [4.78, 5) is 14.9. The molecule has 0 radical (unpaired) electrons. The van der Waals surface area contributed by atoms with Gasteiger partial charge in [-0.25, -0.2) is 0 Å². The minimum Gasteiger partial charge on any atom is -0.492 e. The van der Waals surface area contributed by atoms with Crippen LogP contribution in [0, 0.1) is 5.92 Å². The van der Waals surface area contributed by atoms with Crippen molar-refractivity contribution < 1.29 is 9.53 Å². The summed E-state index contributed by atoms with van der Waals surface area (Å²) in [6, 6.07) is 15.7. The Kier molecular flexibility index (Phi) is 6.29. The van der Waals surface area contributed by atoms with Gasteiger partial charge in [0.25, 0.3) is 5.91 Å². The summed E-state index contributed by atoms with van der Waals surface area (Å²) >= 11 is 0. The maximum absolute atomic E-state index is 12.5. The van der Waals surface area contributed by atoms with Crippen LogP contribution in [0.25, 0.3) is 0 Å². The van der Waals surface area contributed by atoms with Gasteiger partial charge in [-0.2, -0.15) is 0 Å². The van der Waals surface area contributed by atoms with Gasteiger partial charge in [0.1, 0.15) is 12.4 Å². The number of hydrogen-bond donors (Lipinski definition) is 1. The van der Waals surface area contributed by atoms with Gasteiger partial charge in [0.2, 0.25) is 0 Å². The van der Waals surface area contributed by atoms with Crippen LogP contribution in [0.3, 0.4) is 0 Å². The standard InChI is InChI=1S/C22H28N2O2/c1-17(2)10-11-24-12-13-26-21-9-8-19(14-20(21)16-24)22(25)23-15-18-6-4-3-5-7-18/h3-9,14,17H,10-13,15-16H2,1-2H3,(H,23,25). The molecular formula is C22H28N2O2. The second-order valence-electron chi connectivity index (χ2n) is 7.30. The van der Waals surface area contributed by atoms with E-state index < -0.39 is 0 Å². The Morgan fingerprint density at radius 3 is 2.77 bits per heavy atom. The molecule has 4 heteroatoms. The number of hydrogen-bond acceptors (Lipinski definition) is 3. The number of nitrogens with one attached hydrogen (secondary N) is 1. The highest BCUT2D eigenvalue weighted by molar-refractivity contribution is 5.94. The molecule has 4 nitrogen and oxygen atoms in total. The number of fused-ring (bicyclic) bond motifs is 1. The summed E-state index contributed by atoms with van der Waals surface area (Å²) in [6.45, 7) is 8.55. The maximum atomic E-state index is 12.5. The van der Waals surface area contributed by atoms with Crippen molar-refractivity contribution in [3.63, 3.8) is 0 Å². The van der Waals surface area contributed by atoms with Crippen LogP contribution < -0.4 is 10.1 Å². The van der Waals surface area contributed by atoms with Crippen LogP contribution in [0.4, 0.5) is 0 Å². The third-order valence-corrected chi connectivity index (χ3v) is 4.70. The number of nitrogens with zero attached hydrogens (tertiary/aromatic N) is 1. The highest BCUT2D eigenvalue weighted by Gasteiger charge is 2.17. The number of rotatable bonds is 6. The highest BCUT2D eigenvalue weighted by atomic mass is 16.5. The van der Waals surface area contributed by atoms with Crippen molar-refractivity contribution in [3.05, 3.63) is 65.2 Å². The van der Waals surface area contributed by atoms with Gasteiger partial charge in [-0.05, 0) is 42.6 Å². The lowest BCUT2D eigenvalue weighted by Crippen LogP contribution is -2.27. The van der Waals surface area contributed by atoms with Crippen molar-refractivity contribution in [2.45, 2.75) is 33.4 Å². The van der Waals surface area contributed by atoms with Gasteiger partial charge in [-0.1, -0.05) is 44.2 Å². The molecule has 1 aliphatic heterocycles. The molecule has 0 saturated carbocycles. The van der Waals surface area contributed by atoms with Crippen molar-refractivity contribution in [2.75, 3.05) is 19.7 Å². The van der Waals surface area contributed by atoms with Crippen molar-refractivity contribution in [2.24, 2.45) is 5.92 Å². The third kappa shape index (κ3) is 5.09. The summed E-state index contributed by atoms with van der Waals surface area (Å²) in [5.74, 6) is 1.54. The molecule has 0 fully saturated rings. The average Bonchev–Trinajstić information content (AvgIpc) is 2.86. The van der Waals surface area contributed by atoms with Crippen molar-refractivity contribution in [3.8, 4) is 5.75 Å². The molecule has 0 saturated heterocycles. The molecule has 2 aromatic carbocycles. The van der Waals surface area contributed by atoms with Crippen LogP contribution in [0.15, 0.2) is 48.5 Å². The lowest BCUT2D eigenvalue weighted by Gasteiger charge is -2.20. The fourth-order valence-corrected chi connectivity index (χ4v) is 3.10. The minimum absolute atomic E-state index is 0.0466. The van der Waals surface area contributed by atoms with Gasteiger partial charge in [0.15, 0.2) is 0 Å². The number of carbonyl (C=O) groups is 1. The zero-order chi connectivity index (χ0) is 18.4. The van der Waals surface area contributed by atoms with Crippen LogP contribution in [-0.4, -0.2) is 30.5 Å². The minimum atomic E-state index is -0.0466.